The van der Waals surface area contributed by atoms with E-state index in [-0.39, 0.29) is 17.3 Å². The number of likely N-dealkylation sites (N-methyl/N-ethyl adjacent to an activating group) is 1. The predicted molar refractivity (Wildman–Crippen MR) is 85.2 cm³/mol. The molecular weight excluding hydrogens is 288 g/mol. The van der Waals surface area contributed by atoms with Gasteiger partial charge in [0.25, 0.3) is 5.56 Å². The van der Waals surface area contributed by atoms with Crippen molar-refractivity contribution in [2.24, 2.45) is 0 Å². The first-order valence-electron chi connectivity index (χ1n) is 7.39. The molecule has 2 aliphatic rings. The second-order valence-electron chi connectivity index (χ2n) is 5.96. The van der Waals surface area contributed by atoms with E-state index in [4.69, 9.17) is 0 Å². The first-order valence-corrected chi connectivity index (χ1v) is 8.54. The first kappa shape index (κ1) is 14.9. The Bertz CT molecular complexity index is 627. The van der Waals surface area contributed by atoms with Crippen molar-refractivity contribution in [1.29, 1.82) is 0 Å². The van der Waals surface area contributed by atoms with Gasteiger partial charge in [-0.25, -0.2) is 4.79 Å². The first-order chi connectivity index (χ1) is 10.1. The molecule has 0 aliphatic carbocycles. The monoisotopic (exact) mass is 310 g/mol. The fourth-order valence-electron chi connectivity index (χ4n) is 2.92. The molecule has 0 atom stereocenters. The summed E-state index contributed by atoms with van der Waals surface area (Å²) in [5, 5.41) is 0. The molecule has 1 N–H and O–H groups in total. The van der Waals surface area contributed by atoms with Gasteiger partial charge in [-0.3, -0.25) is 19.2 Å². The number of thioether (sulfide) groups is 1. The van der Waals surface area contributed by atoms with Crippen molar-refractivity contribution >= 4 is 11.8 Å². The topological polar surface area (TPSA) is 61.3 Å². The third-order valence-electron chi connectivity index (χ3n) is 4.47. The average molecular weight is 310 g/mol. The largest absolute Gasteiger partial charge is 0.328 e. The maximum atomic E-state index is 12.2. The number of nitrogens with zero attached hydrogens (tertiary/aromatic N) is 3. The molecule has 3 rings (SSSR count). The van der Waals surface area contributed by atoms with Crippen LogP contribution < -0.4 is 11.2 Å². The molecule has 0 bridgehead atoms. The molecule has 0 saturated carbocycles. The van der Waals surface area contributed by atoms with Crippen LogP contribution in [0, 0.1) is 6.92 Å². The van der Waals surface area contributed by atoms with Crippen LogP contribution in [0.3, 0.4) is 0 Å². The molecule has 21 heavy (non-hydrogen) atoms. The number of rotatable bonds is 3. The Hall–Kier alpha value is -1.05. The zero-order valence-corrected chi connectivity index (χ0v) is 13.4. The Morgan fingerprint density at radius 1 is 1.19 bits per heavy atom. The van der Waals surface area contributed by atoms with Gasteiger partial charge in [-0.05, 0) is 14.0 Å². The van der Waals surface area contributed by atoms with Gasteiger partial charge in [-0.2, -0.15) is 11.8 Å². The Labute approximate surface area is 128 Å². The molecule has 0 amide bonds. The van der Waals surface area contributed by atoms with E-state index < -0.39 is 0 Å². The third-order valence-corrected chi connectivity index (χ3v) is 5.72. The van der Waals surface area contributed by atoms with E-state index in [1.807, 2.05) is 18.7 Å². The Morgan fingerprint density at radius 2 is 1.86 bits per heavy atom. The second kappa shape index (κ2) is 5.98. The lowest BCUT2D eigenvalue weighted by Gasteiger charge is -2.33. The standard InChI is InChI=1S/C14H22N4O2S/c1-10-12(7-17-5-3-16(2)4-6-17)13(19)15-14(20)18(10)11-8-21-9-11/h11H,3-9H2,1-2H3,(H,15,19,20). The van der Waals surface area contributed by atoms with Crippen molar-refractivity contribution in [1.82, 2.24) is 19.4 Å². The molecule has 2 fully saturated rings. The summed E-state index contributed by atoms with van der Waals surface area (Å²) in [6.07, 6.45) is 0. The smallest absolute Gasteiger partial charge is 0.304 e. The number of hydrogen-bond acceptors (Lipinski definition) is 5. The summed E-state index contributed by atoms with van der Waals surface area (Å²) in [5.41, 5.74) is 1.11. The fourth-order valence-corrected chi connectivity index (χ4v) is 3.67. The molecule has 1 aromatic rings. The van der Waals surface area contributed by atoms with Gasteiger partial charge >= 0.3 is 5.69 Å². The summed E-state index contributed by atoms with van der Waals surface area (Å²) in [7, 11) is 2.11. The van der Waals surface area contributed by atoms with E-state index in [0.29, 0.717) is 6.54 Å². The molecule has 0 radical (unpaired) electrons. The maximum absolute atomic E-state index is 12.2. The van der Waals surface area contributed by atoms with Crippen molar-refractivity contribution in [2.75, 3.05) is 44.7 Å². The fraction of sp³-hybridized carbons (Fsp3) is 0.714. The van der Waals surface area contributed by atoms with Crippen LogP contribution in [-0.2, 0) is 6.54 Å². The van der Waals surface area contributed by atoms with Gasteiger partial charge in [0.15, 0.2) is 0 Å². The quantitative estimate of drug-likeness (QED) is 0.843. The molecule has 116 valence electrons. The number of piperazine rings is 1. The van der Waals surface area contributed by atoms with Crippen LogP contribution in [0.1, 0.15) is 17.3 Å². The number of aromatic nitrogens is 2. The van der Waals surface area contributed by atoms with Crippen LogP contribution in [0.25, 0.3) is 0 Å². The van der Waals surface area contributed by atoms with Gasteiger partial charge < -0.3 is 4.90 Å². The van der Waals surface area contributed by atoms with Crippen molar-refractivity contribution in [3.8, 4) is 0 Å². The van der Waals surface area contributed by atoms with Crippen molar-refractivity contribution < 1.29 is 0 Å². The van der Waals surface area contributed by atoms with Gasteiger partial charge in [0.2, 0.25) is 0 Å². The normalized spacial score (nSPS) is 21.4. The Morgan fingerprint density at radius 3 is 2.43 bits per heavy atom. The highest BCUT2D eigenvalue weighted by atomic mass is 32.2. The van der Waals surface area contributed by atoms with Crippen LogP contribution in [0.4, 0.5) is 0 Å². The highest BCUT2D eigenvalue weighted by Gasteiger charge is 2.25. The molecule has 2 saturated heterocycles. The van der Waals surface area contributed by atoms with Crippen molar-refractivity contribution in [2.45, 2.75) is 19.5 Å². The van der Waals surface area contributed by atoms with E-state index in [9.17, 15) is 9.59 Å². The Balaban J connectivity index is 1.87. The van der Waals surface area contributed by atoms with Gasteiger partial charge in [0, 0.05) is 49.9 Å². The summed E-state index contributed by atoms with van der Waals surface area (Å²) < 4.78 is 1.78. The molecule has 7 heteroatoms. The number of hydrogen-bond donors (Lipinski definition) is 1. The number of H-pyrrole nitrogens is 1. The van der Waals surface area contributed by atoms with E-state index >= 15 is 0 Å². The minimum Gasteiger partial charge on any atom is -0.304 e. The molecular formula is C14H22N4O2S. The van der Waals surface area contributed by atoms with E-state index in [1.165, 1.54) is 0 Å². The Kier molecular flexibility index (Phi) is 4.24. The molecule has 0 unspecified atom stereocenters. The predicted octanol–water partition coefficient (Wildman–Crippen LogP) is -0.120. The molecule has 2 aliphatic heterocycles. The summed E-state index contributed by atoms with van der Waals surface area (Å²) in [5.74, 6) is 1.92. The molecule has 3 heterocycles. The summed E-state index contributed by atoms with van der Waals surface area (Å²) in [6, 6.07) is 0.241. The van der Waals surface area contributed by atoms with Gasteiger partial charge in [-0.1, -0.05) is 0 Å². The minimum atomic E-state index is -0.259. The van der Waals surface area contributed by atoms with Crippen LogP contribution in [0.2, 0.25) is 0 Å². The second-order valence-corrected chi connectivity index (χ2v) is 7.04. The van der Waals surface area contributed by atoms with Gasteiger partial charge in [0.05, 0.1) is 11.6 Å². The van der Waals surface area contributed by atoms with Crippen LogP contribution >= 0.6 is 11.8 Å². The minimum absolute atomic E-state index is 0.223. The lowest BCUT2D eigenvalue weighted by atomic mass is 10.2. The third kappa shape index (κ3) is 2.95. The van der Waals surface area contributed by atoms with Crippen LogP contribution in [-0.4, -0.2) is 64.1 Å². The lowest BCUT2D eigenvalue weighted by molar-refractivity contribution is 0.147. The SMILES string of the molecule is Cc1c(CN2CCN(C)CC2)c(=O)[nH]c(=O)n1C1CSC1. The van der Waals surface area contributed by atoms with Crippen LogP contribution in [0.15, 0.2) is 9.59 Å². The van der Waals surface area contributed by atoms with E-state index in [1.54, 1.807) is 4.57 Å². The maximum Gasteiger partial charge on any atom is 0.328 e. The highest BCUT2D eigenvalue weighted by molar-refractivity contribution is 8.00. The summed E-state index contributed by atoms with van der Waals surface area (Å²) in [6.45, 7) is 6.52. The van der Waals surface area contributed by atoms with E-state index in [0.717, 1.165) is 48.9 Å². The van der Waals surface area contributed by atoms with Gasteiger partial charge in [-0.15, -0.1) is 0 Å². The van der Waals surface area contributed by atoms with Crippen molar-refractivity contribution in [3.05, 3.63) is 32.1 Å². The molecule has 6 nitrogen and oxygen atoms in total. The molecule has 0 spiro atoms. The number of nitrogens with one attached hydrogen (secondary N) is 1. The van der Waals surface area contributed by atoms with Crippen LogP contribution in [0.5, 0.6) is 0 Å². The lowest BCUT2D eigenvalue weighted by Crippen LogP contribution is -2.46. The zero-order valence-electron chi connectivity index (χ0n) is 12.6. The van der Waals surface area contributed by atoms with E-state index in [2.05, 4.69) is 21.8 Å². The highest BCUT2D eigenvalue weighted by Crippen LogP contribution is 2.29. The number of aromatic amines is 1. The summed E-state index contributed by atoms with van der Waals surface area (Å²) >= 11 is 1.84. The van der Waals surface area contributed by atoms with Crippen molar-refractivity contribution in [3.63, 3.8) is 0 Å². The van der Waals surface area contributed by atoms with Gasteiger partial charge in [0.1, 0.15) is 0 Å². The molecule has 1 aromatic heterocycles. The molecule has 0 aromatic carbocycles. The summed E-state index contributed by atoms with van der Waals surface area (Å²) in [4.78, 5) is 31.3. The zero-order chi connectivity index (χ0) is 15.0. The average Bonchev–Trinajstić information content (AvgIpc) is 2.39.